The molecule has 1 heterocycles. The molecule has 2 aromatic carbocycles. The molecule has 0 saturated carbocycles. The first-order chi connectivity index (χ1) is 11.1. The van der Waals surface area contributed by atoms with Crippen molar-refractivity contribution in [3.05, 3.63) is 71.3 Å². The Balaban J connectivity index is 1.70. The number of carbonyl (C=O) groups is 2. The Kier molecular flexibility index (Phi) is 4.15. The Morgan fingerprint density at radius 2 is 1.78 bits per heavy atom. The molecule has 0 bridgehead atoms. The van der Waals surface area contributed by atoms with Crippen LogP contribution in [0.1, 0.15) is 28.4 Å². The van der Waals surface area contributed by atoms with E-state index in [9.17, 15) is 9.59 Å². The molecule has 0 aliphatic carbocycles. The smallest absolute Gasteiger partial charge is 0.255 e. The molecular weight excluding hydrogens is 288 g/mol. The zero-order valence-corrected chi connectivity index (χ0v) is 13.4. The van der Waals surface area contributed by atoms with E-state index in [1.807, 2.05) is 54.6 Å². The molecule has 1 aliphatic heterocycles. The molecule has 0 radical (unpaired) electrons. The fraction of sp³-hybridized carbons (Fsp3) is 0.263. The first-order valence-corrected chi connectivity index (χ1v) is 7.75. The van der Waals surface area contributed by atoms with Gasteiger partial charge < -0.3 is 9.80 Å². The van der Waals surface area contributed by atoms with E-state index in [0.29, 0.717) is 18.7 Å². The van der Waals surface area contributed by atoms with Gasteiger partial charge in [-0.1, -0.05) is 48.5 Å². The topological polar surface area (TPSA) is 40.6 Å². The van der Waals surface area contributed by atoms with Crippen LogP contribution in [0.2, 0.25) is 0 Å². The normalized spacial score (nSPS) is 14.5. The van der Waals surface area contributed by atoms with Gasteiger partial charge >= 0.3 is 0 Å². The van der Waals surface area contributed by atoms with Gasteiger partial charge in [-0.2, -0.15) is 0 Å². The Labute approximate surface area is 136 Å². The van der Waals surface area contributed by atoms with Crippen LogP contribution in [-0.2, 0) is 17.9 Å². The maximum Gasteiger partial charge on any atom is 0.255 e. The van der Waals surface area contributed by atoms with Crippen LogP contribution in [0.4, 0.5) is 0 Å². The summed E-state index contributed by atoms with van der Waals surface area (Å²) in [5, 5.41) is 0. The highest BCUT2D eigenvalue weighted by molar-refractivity contribution is 6.00. The number of likely N-dealkylation sites (N-methyl/N-ethyl adjacent to an activating group) is 1. The largest absolute Gasteiger partial charge is 0.340 e. The first-order valence-electron chi connectivity index (χ1n) is 7.75. The molecule has 4 nitrogen and oxygen atoms in total. The van der Waals surface area contributed by atoms with E-state index in [4.69, 9.17) is 0 Å². The van der Waals surface area contributed by atoms with E-state index in [1.165, 1.54) is 0 Å². The van der Waals surface area contributed by atoms with Gasteiger partial charge in [0.1, 0.15) is 6.04 Å². The number of benzene rings is 2. The lowest BCUT2D eigenvalue weighted by Crippen LogP contribution is -2.45. The van der Waals surface area contributed by atoms with Crippen molar-refractivity contribution in [3.8, 4) is 0 Å². The molecule has 23 heavy (non-hydrogen) atoms. The van der Waals surface area contributed by atoms with Gasteiger partial charge in [0, 0.05) is 25.7 Å². The lowest BCUT2D eigenvalue weighted by Gasteiger charge is -2.28. The zero-order valence-electron chi connectivity index (χ0n) is 13.4. The Morgan fingerprint density at radius 1 is 1.13 bits per heavy atom. The van der Waals surface area contributed by atoms with Crippen LogP contribution in [0.15, 0.2) is 54.6 Å². The van der Waals surface area contributed by atoms with Crippen LogP contribution in [0.5, 0.6) is 0 Å². The van der Waals surface area contributed by atoms with Crippen molar-refractivity contribution in [2.24, 2.45) is 0 Å². The van der Waals surface area contributed by atoms with Crippen molar-refractivity contribution in [2.75, 3.05) is 7.05 Å². The minimum Gasteiger partial charge on any atom is -0.340 e. The third-order valence-corrected chi connectivity index (χ3v) is 4.31. The number of hydrogen-bond donors (Lipinski definition) is 0. The molecule has 1 atom stereocenters. The number of amides is 2. The second-order valence-electron chi connectivity index (χ2n) is 5.95. The second-order valence-corrected chi connectivity index (χ2v) is 5.95. The summed E-state index contributed by atoms with van der Waals surface area (Å²) < 4.78 is 0. The number of nitrogens with zero attached hydrogens (tertiary/aromatic N) is 2. The van der Waals surface area contributed by atoms with Crippen molar-refractivity contribution in [1.29, 1.82) is 0 Å². The Hall–Kier alpha value is -2.62. The fourth-order valence-electron chi connectivity index (χ4n) is 2.98. The van der Waals surface area contributed by atoms with Gasteiger partial charge in [0.05, 0.1) is 0 Å². The van der Waals surface area contributed by atoms with E-state index in [1.54, 1.807) is 23.8 Å². The minimum atomic E-state index is -0.469. The summed E-state index contributed by atoms with van der Waals surface area (Å²) in [4.78, 5) is 28.5. The van der Waals surface area contributed by atoms with Crippen LogP contribution >= 0.6 is 0 Å². The van der Waals surface area contributed by atoms with E-state index in [0.717, 1.165) is 11.1 Å². The number of hydrogen-bond acceptors (Lipinski definition) is 2. The summed E-state index contributed by atoms with van der Waals surface area (Å²) >= 11 is 0. The molecule has 0 saturated heterocycles. The monoisotopic (exact) mass is 308 g/mol. The third-order valence-electron chi connectivity index (χ3n) is 4.31. The van der Waals surface area contributed by atoms with Crippen LogP contribution in [0, 0.1) is 0 Å². The van der Waals surface area contributed by atoms with Gasteiger partial charge in [-0.15, -0.1) is 0 Å². The summed E-state index contributed by atoms with van der Waals surface area (Å²) in [5.74, 6) is -0.107. The van der Waals surface area contributed by atoms with Crippen molar-refractivity contribution >= 4 is 11.8 Å². The average molecular weight is 308 g/mol. The van der Waals surface area contributed by atoms with Crippen molar-refractivity contribution in [2.45, 2.75) is 26.1 Å². The molecule has 4 heteroatoms. The average Bonchev–Trinajstić information content (AvgIpc) is 2.91. The third kappa shape index (κ3) is 2.97. The molecule has 2 aromatic rings. The Bertz CT molecular complexity index is 727. The number of rotatable bonds is 4. The van der Waals surface area contributed by atoms with E-state index < -0.39 is 6.04 Å². The lowest BCUT2D eigenvalue weighted by atomic mass is 10.1. The maximum absolute atomic E-state index is 12.7. The van der Waals surface area contributed by atoms with E-state index >= 15 is 0 Å². The van der Waals surface area contributed by atoms with Crippen LogP contribution < -0.4 is 0 Å². The molecule has 118 valence electrons. The minimum absolute atomic E-state index is 0.0463. The highest BCUT2D eigenvalue weighted by Gasteiger charge is 2.34. The molecule has 2 amide bonds. The predicted molar refractivity (Wildman–Crippen MR) is 88.7 cm³/mol. The summed E-state index contributed by atoms with van der Waals surface area (Å²) in [5.41, 5.74) is 2.77. The summed E-state index contributed by atoms with van der Waals surface area (Å²) in [6.07, 6.45) is 0. The van der Waals surface area contributed by atoms with Gasteiger partial charge in [0.2, 0.25) is 5.91 Å². The van der Waals surface area contributed by atoms with Crippen molar-refractivity contribution < 1.29 is 9.59 Å². The van der Waals surface area contributed by atoms with Gasteiger partial charge in [-0.05, 0) is 24.1 Å². The van der Waals surface area contributed by atoms with Crippen molar-refractivity contribution in [3.63, 3.8) is 0 Å². The lowest BCUT2D eigenvalue weighted by molar-refractivity contribution is -0.134. The predicted octanol–water partition coefficient (Wildman–Crippen LogP) is 2.69. The summed E-state index contributed by atoms with van der Waals surface area (Å²) in [6.45, 7) is 2.84. The van der Waals surface area contributed by atoms with Crippen LogP contribution in [0.3, 0.4) is 0 Å². The van der Waals surface area contributed by atoms with Gasteiger partial charge in [-0.25, -0.2) is 0 Å². The summed E-state index contributed by atoms with van der Waals surface area (Å²) in [7, 11) is 1.78. The van der Waals surface area contributed by atoms with Crippen LogP contribution in [-0.4, -0.2) is 34.7 Å². The molecular formula is C19H20N2O2. The van der Waals surface area contributed by atoms with Gasteiger partial charge in [0.15, 0.2) is 0 Å². The quantitative estimate of drug-likeness (QED) is 0.871. The molecule has 0 fully saturated rings. The SMILES string of the molecule is C[C@H](C(=O)N(C)Cc1ccccc1)N1Cc2ccccc2C1=O. The first kappa shape index (κ1) is 15.3. The van der Waals surface area contributed by atoms with E-state index in [2.05, 4.69) is 0 Å². The van der Waals surface area contributed by atoms with Crippen LogP contribution in [0.25, 0.3) is 0 Å². The molecule has 0 aromatic heterocycles. The molecule has 0 spiro atoms. The van der Waals surface area contributed by atoms with Gasteiger partial charge in [0.25, 0.3) is 5.91 Å². The zero-order chi connectivity index (χ0) is 16.4. The fourth-order valence-corrected chi connectivity index (χ4v) is 2.98. The second kappa shape index (κ2) is 6.24. The highest BCUT2D eigenvalue weighted by atomic mass is 16.2. The number of fused-ring (bicyclic) bond motifs is 1. The van der Waals surface area contributed by atoms with E-state index in [-0.39, 0.29) is 11.8 Å². The highest BCUT2D eigenvalue weighted by Crippen LogP contribution is 2.24. The van der Waals surface area contributed by atoms with Crippen molar-refractivity contribution in [1.82, 2.24) is 9.80 Å². The maximum atomic E-state index is 12.7. The Morgan fingerprint density at radius 3 is 2.48 bits per heavy atom. The molecule has 1 aliphatic rings. The number of carbonyl (C=O) groups excluding carboxylic acids is 2. The summed E-state index contributed by atoms with van der Waals surface area (Å²) in [6, 6.07) is 16.9. The standard InChI is InChI=1S/C19H20N2O2/c1-14(18(22)20(2)12-15-8-4-3-5-9-15)21-13-16-10-6-7-11-17(16)19(21)23/h3-11,14H,12-13H2,1-2H3/t14-/m1/s1. The van der Waals surface area contributed by atoms with Gasteiger partial charge in [-0.3, -0.25) is 9.59 Å². The molecule has 3 rings (SSSR count). The molecule has 0 N–H and O–H groups in total. The molecule has 0 unspecified atom stereocenters.